The number of halogens is 1. The first kappa shape index (κ1) is 19.5. The second-order valence-corrected chi connectivity index (χ2v) is 8.88. The van der Waals surface area contributed by atoms with Crippen LogP contribution in [-0.4, -0.2) is 40.6 Å². The summed E-state index contributed by atoms with van der Waals surface area (Å²) < 4.78 is 6.50. The van der Waals surface area contributed by atoms with Crippen LogP contribution in [0.5, 0.6) is 0 Å². The molecule has 7 heteroatoms. The van der Waals surface area contributed by atoms with Crippen LogP contribution in [0.2, 0.25) is 0 Å². The van der Waals surface area contributed by atoms with Crippen molar-refractivity contribution in [2.24, 2.45) is 5.92 Å². The van der Waals surface area contributed by atoms with Crippen LogP contribution in [0.25, 0.3) is 11.4 Å². The molecule has 0 spiro atoms. The highest BCUT2D eigenvalue weighted by molar-refractivity contribution is 9.10. The minimum Gasteiger partial charge on any atom is -0.338 e. The van der Waals surface area contributed by atoms with Crippen molar-refractivity contribution in [2.75, 3.05) is 24.5 Å². The lowest BCUT2D eigenvalue weighted by Gasteiger charge is -2.33. The number of carbonyl (C=O) groups excluding carboxylic acids is 1. The van der Waals surface area contributed by atoms with E-state index in [1.165, 1.54) is 5.56 Å². The van der Waals surface area contributed by atoms with Crippen LogP contribution in [0.15, 0.2) is 57.5 Å². The molecule has 3 heterocycles. The number of piperidine rings is 1. The highest BCUT2D eigenvalue weighted by atomic mass is 79.9. The van der Waals surface area contributed by atoms with Crippen LogP contribution < -0.4 is 4.90 Å². The Morgan fingerprint density at radius 1 is 1.13 bits per heavy atom. The Labute approximate surface area is 184 Å². The first-order chi connectivity index (χ1) is 14.7. The van der Waals surface area contributed by atoms with E-state index in [-0.39, 0.29) is 11.8 Å². The summed E-state index contributed by atoms with van der Waals surface area (Å²) >= 11 is 3.44. The fraction of sp³-hybridized carbons (Fsp3) is 0.348. The number of para-hydroxylation sites is 1. The topological polar surface area (TPSA) is 62.5 Å². The van der Waals surface area contributed by atoms with Gasteiger partial charge in [0.1, 0.15) is 0 Å². The number of hydrogen-bond acceptors (Lipinski definition) is 5. The number of rotatable bonds is 4. The van der Waals surface area contributed by atoms with Gasteiger partial charge in [-0.1, -0.05) is 39.3 Å². The van der Waals surface area contributed by atoms with Gasteiger partial charge in [0, 0.05) is 28.8 Å². The van der Waals surface area contributed by atoms with E-state index < -0.39 is 0 Å². The number of benzene rings is 2. The Balaban J connectivity index is 1.24. The number of carbonyl (C=O) groups is 1. The van der Waals surface area contributed by atoms with E-state index in [9.17, 15) is 4.79 Å². The molecule has 30 heavy (non-hydrogen) atoms. The van der Waals surface area contributed by atoms with Gasteiger partial charge in [0.15, 0.2) is 0 Å². The van der Waals surface area contributed by atoms with Gasteiger partial charge in [-0.3, -0.25) is 9.69 Å². The van der Waals surface area contributed by atoms with Crippen molar-refractivity contribution in [3.8, 4) is 11.4 Å². The minimum absolute atomic E-state index is 0.0128. The maximum atomic E-state index is 13.2. The summed E-state index contributed by atoms with van der Waals surface area (Å²) in [6.45, 7) is 3.03. The molecule has 1 aromatic heterocycles. The summed E-state index contributed by atoms with van der Waals surface area (Å²) in [7, 11) is 0. The van der Waals surface area contributed by atoms with E-state index in [0.717, 1.165) is 54.6 Å². The molecule has 1 saturated heterocycles. The van der Waals surface area contributed by atoms with Gasteiger partial charge in [0.2, 0.25) is 17.6 Å². The first-order valence-corrected chi connectivity index (χ1v) is 11.2. The molecule has 2 aromatic carbocycles. The number of hydrogen-bond donors (Lipinski definition) is 0. The molecule has 0 aliphatic carbocycles. The third-order valence-corrected chi connectivity index (χ3v) is 6.47. The molecule has 5 rings (SSSR count). The Morgan fingerprint density at radius 2 is 1.97 bits per heavy atom. The van der Waals surface area contributed by atoms with E-state index >= 15 is 0 Å². The summed E-state index contributed by atoms with van der Waals surface area (Å²) in [4.78, 5) is 22.0. The number of anilines is 1. The van der Waals surface area contributed by atoms with Crippen LogP contribution in [0, 0.1) is 5.92 Å². The normalized spacial score (nSPS) is 19.1. The molecule has 2 aliphatic rings. The van der Waals surface area contributed by atoms with E-state index in [2.05, 4.69) is 43.1 Å². The summed E-state index contributed by atoms with van der Waals surface area (Å²) in [5.74, 6) is 1.44. The lowest BCUT2D eigenvalue weighted by Crippen LogP contribution is -2.44. The zero-order valence-electron chi connectivity index (χ0n) is 16.6. The van der Waals surface area contributed by atoms with Gasteiger partial charge < -0.3 is 9.42 Å². The van der Waals surface area contributed by atoms with Gasteiger partial charge in [-0.15, -0.1) is 0 Å². The molecule has 1 fully saturated rings. The molecule has 0 bridgehead atoms. The van der Waals surface area contributed by atoms with Gasteiger partial charge >= 0.3 is 0 Å². The predicted molar refractivity (Wildman–Crippen MR) is 118 cm³/mol. The second kappa shape index (κ2) is 8.32. The monoisotopic (exact) mass is 466 g/mol. The molecule has 3 aromatic rings. The molecule has 1 atom stereocenters. The molecular weight excluding hydrogens is 444 g/mol. The SMILES string of the molecule is O=C(C1CCCN(Cc2nc(-c3ccc(Br)cc3)no2)C1)N1CCc2ccccc21. The predicted octanol–water partition coefficient (Wildman–Crippen LogP) is 4.30. The van der Waals surface area contributed by atoms with E-state index in [4.69, 9.17) is 4.52 Å². The number of amides is 1. The number of nitrogens with zero attached hydrogens (tertiary/aromatic N) is 4. The highest BCUT2D eigenvalue weighted by Gasteiger charge is 2.33. The van der Waals surface area contributed by atoms with E-state index in [1.54, 1.807) is 0 Å². The van der Waals surface area contributed by atoms with Crippen molar-refractivity contribution < 1.29 is 9.32 Å². The summed E-state index contributed by atoms with van der Waals surface area (Å²) in [6.07, 6.45) is 2.88. The van der Waals surface area contributed by atoms with Gasteiger partial charge in [-0.2, -0.15) is 4.98 Å². The van der Waals surface area contributed by atoms with Crippen LogP contribution in [0.4, 0.5) is 5.69 Å². The Hall–Kier alpha value is -2.51. The average Bonchev–Trinajstić information content (AvgIpc) is 3.41. The molecule has 0 N–H and O–H groups in total. The maximum absolute atomic E-state index is 13.2. The minimum atomic E-state index is 0.0128. The van der Waals surface area contributed by atoms with Crippen molar-refractivity contribution >= 4 is 27.5 Å². The van der Waals surface area contributed by atoms with Crippen LogP contribution >= 0.6 is 15.9 Å². The molecule has 0 radical (unpaired) electrons. The first-order valence-electron chi connectivity index (χ1n) is 10.4. The fourth-order valence-corrected chi connectivity index (χ4v) is 4.68. The molecule has 0 saturated carbocycles. The van der Waals surface area contributed by atoms with Crippen molar-refractivity contribution in [1.82, 2.24) is 15.0 Å². The summed E-state index contributed by atoms with van der Waals surface area (Å²) in [5.41, 5.74) is 3.27. The van der Waals surface area contributed by atoms with Gasteiger partial charge in [-0.05, 0) is 61.7 Å². The van der Waals surface area contributed by atoms with Gasteiger partial charge in [-0.25, -0.2) is 0 Å². The molecule has 6 nitrogen and oxygen atoms in total. The fourth-order valence-electron chi connectivity index (χ4n) is 4.41. The zero-order valence-corrected chi connectivity index (χ0v) is 18.2. The Bertz CT molecular complexity index is 1050. The number of fused-ring (bicyclic) bond motifs is 1. The van der Waals surface area contributed by atoms with Crippen LogP contribution in [0.3, 0.4) is 0 Å². The second-order valence-electron chi connectivity index (χ2n) is 7.96. The highest BCUT2D eigenvalue weighted by Crippen LogP contribution is 2.31. The molecule has 1 amide bonds. The van der Waals surface area contributed by atoms with Crippen LogP contribution in [-0.2, 0) is 17.8 Å². The van der Waals surface area contributed by atoms with E-state index in [1.807, 2.05) is 41.3 Å². The third-order valence-electron chi connectivity index (χ3n) is 5.94. The Kier molecular flexibility index (Phi) is 5.39. The lowest BCUT2D eigenvalue weighted by molar-refractivity contribution is -0.124. The Morgan fingerprint density at radius 3 is 2.83 bits per heavy atom. The average molecular weight is 467 g/mol. The van der Waals surface area contributed by atoms with Crippen LogP contribution in [0.1, 0.15) is 24.3 Å². The third kappa shape index (κ3) is 3.91. The summed E-state index contributed by atoms with van der Waals surface area (Å²) in [5, 5.41) is 4.12. The molecule has 1 unspecified atom stereocenters. The zero-order chi connectivity index (χ0) is 20.5. The summed E-state index contributed by atoms with van der Waals surface area (Å²) in [6, 6.07) is 16.1. The van der Waals surface area contributed by atoms with E-state index in [0.29, 0.717) is 18.3 Å². The van der Waals surface area contributed by atoms with Crippen molar-refractivity contribution in [3.63, 3.8) is 0 Å². The quantitative estimate of drug-likeness (QED) is 0.573. The van der Waals surface area contributed by atoms with Crippen molar-refractivity contribution in [1.29, 1.82) is 0 Å². The largest absolute Gasteiger partial charge is 0.338 e. The molecule has 2 aliphatic heterocycles. The molecular formula is C23H23BrN4O2. The maximum Gasteiger partial charge on any atom is 0.241 e. The number of aromatic nitrogens is 2. The standard InChI is InChI=1S/C23H23BrN4O2/c24-19-9-7-17(8-10-19)22-25-21(30-26-22)15-27-12-3-5-18(14-27)23(29)28-13-11-16-4-1-2-6-20(16)28/h1-2,4,6-10,18H,3,5,11-15H2. The smallest absolute Gasteiger partial charge is 0.241 e. The molecule has 154 valence electrons. The lowest BCUT2D eigenvalue weighted by atomic mass is 9.96. The van der Waals surface area contributed by atoms with Crippen molar-refractivity contribution in [2.45, 2.75) is 25.8 Å². The van der Waals surface area contributed by atoms with Crippen molar-refractivity contribution in [3.05, 3.63) is 64.5 Å². The van der Waals surface area contributed by atoms with Gasteiger partial charge in [0.25, 0.3) is 0 Å². The van der Waals surface area contributed by atoms with Gasteiger partial charge in [0.05, 0.1) is 12.5 Å². The number of likely N-dealkylation sites (tertiary alicyclic amines) is 1.